The maximum Gasteiger partial charge on any atom is 0.0693 e. The third-order valence-corrected chi connectivity index (χ3v) is 15.6. The number of hydrogen-bond donors (Lipinski definition) is 0. The van der Waals surface area contributed by atoms with Crippen molar-refractivity contribution in [3.05, 3.63) is 221 Å². The van der Waals surface area contributed by atoms with Crippen LogP contribution in [0.25, 0.3) is 0 Å². The fourth-order valence-corrected chi connectivity index (χ4v) is 13.1. The SMILES string of the molecule is C=C(C)C.C=C(C)C.C=C(C)C.C=CC.C=CC.C=CC.CN(C)CCn1ccnn1.CN(C)CCn1ccnn1.c1ccc(Cn2ccnn2)cc1.c1ccc(Cn2ccnn2)cc1.c1cn(C23CC4CC(CC(C4)C2)C3)nn1.c1cn(C23CC4CC(CC(C4)C2)C3)nn1. The molecule has 0 amide bonds. The quantitative estimate of drug-likeness (QED) is 0.105. The van der Waals surface area contributed by atoms with Crippen LogP contribution in [0.2, 0.25) is 0 Å². The Bertz CT molecular complexity index is 2850. The second-order valence-electron chi connectivity index (χ2n) is 26.9. The van der Waals surface area contributed by atoms with Crippen LogP contribution in [0.15, 0.2) is 209 Å². The van der Waals surface area contributed by atoms with E-state index in [9.17, 15) is 0 Å². The molecule has 0 radical (unpaired) electrons. The van der Waals surface area contributed by atoms with Gasteiger partial charge in [0.15, 0.2) is 0 Å². The van der Waals surface area contributed by atoms with Crippen LogP contribution in [-0.2, 0) is 37.3 Å². The van der Waals surface area contributed by atoms with E-state index >= 15 is 0 Å². The van der Waals surface area contributed by atoms with E-state index in [1.807, 2.05) is 173 Å². The van der Waals surface area contributed by atoms with Gasteiger partial charge in [0.05, 0.1) is 74.4 Å². The summed E-state index contributed by atoms with van der Waals surface area (Å²) in [7, 11) is 8.15. The molecule has 8 bridgehead atoms. The predicted molar refractivity (Wildman–Crippen MR) is 390 cm³/mol. The highest BCUT2D eigenvalue weighted by atomic mass is 15.5. The standard InChI is InChI=1S/2C12H17N3.2C9H9N3.2C6H12N4.3C4H8.3C3H6/c2*1-2-15(14-13-1)12-6-9-3-10(7-12)5-11(4-9)8-12;2*1-2-4-9(5-3-1)8-12-7-6-10-11-12;2*1-9(2)5-6-10-4-3-7-8-10;3*1-4(2)3;3*1-3-2/h2*1-2,9-11H,3-8H2;2*1-7H,8H2;2*3-4H,5-6H2,1-2H3;3*1H2,2-3H3;3*3H,1H2,2H3. The minimum atomic E-state index is 0.366. The fourth-order valence-electron chi connectivity index (χ4n) is 13.1. The molecule has 6 heterocycles. The van der Waals surface area contributed by atoms with Gasteiger partial charge in [-0.3, -0.25) is 9.36 Å². The zero-order valence-corrected chi connectivity index (χ0v) is 60.3. The Kier molecular flexibility index (Phi) is 39.1. The summed E-state index contributed by atoms with van der Waals surface area (Å²) in [5.74, 6) is 5.92. The second kappa shape index (κ2) is 45.9. The molecule has 8 fully saturated rings. The monoisotopic (exact) mass is 1300 g/mol. The molecule has 2 aromatic carbocycles. The van der Waals surface area contributed by atoms with Crippen LogP contribution in [0.3, 0.4) is 0 Å². The Morgan fingerprint density at radius 3 is 0.811 bits per heavy atom. The Labute approximate surface area is 571 Å². The number of benzene rings is 2. The van der Waals surface area contributed by atoms with Gasteiger partial charge < -0.3 is 9.80 Å². The highest BCUT2D eigenvalue weighted by Crippen LogP contribution is 2.59. The van der Waals surface area contributed by atoms with E-state index in [-0.39, 0.29) is 0 Å². The molecule has 0 saturated heterocycles. The highest BCUT2D eigenvalue weighted by Gasteiger charge is 2.53. The van der Waals surface area contributed by atoms with E-state index in [4.69, 9.17) is 0 Å². The Balaban J connectivity index is 0.000000282. The number of rotatable bonds is 12. The zero-order valence-electron chi connectivity index (χ0n) is 60.3. The van der Waals surface area contributed by atoms with Crippen LogP contribution < -0.4 is 0 Å². The lowest BCUT2D eigenvalue weighted by molar-refractivity contribution is -0.0503. The second-order valence-corrected chi connectivity index (χ2v) is 26.9. The molecule has 8 saturated carbocycles. The molecule has 0 spiro atoms. The Morgan fingerprint density at radius 2 is 0.611 bits per heavy atom. The molecule has 8 aliphatic carbocycles. The van der Waals surface area contributed by atoms with Crippen molar-refractivity contribution >= 4 is 0 Å². The topological polar surface area (TPSA) is 191 Å². The van der Waals surface area contributed by atoms with Crippen molar-refractivity contribution < 1.29 is 0 Å². The smallest absolute Gasteiger partial charge is 0.0693 e. The summed E-state index contributed by atoms with van der Waals surface area (Å²) in [4.78, 5) is 4.23. The van der Waals surface area contributed by atoms with Gasteiger partial charge in [0.1, 0.15) is 0 Å². The van der Waals surface area contributed by atoms with Crippen LogP contribution >= 0.6 is 0 Å². The van der Waals surface area contributed by atoms with Gasteiger partial charge in [0, 0.05) is 50.3 Å². The van der Waals surface area contributed by atoms with Crippen LogP contribution in [-0.4, -0.2) is 141 Å². The van der Waals surface area contributed by atoms with Crippen LogP contribution in [0.4, 0.5) is 0 Å². The molecule has 20 nitrogen and oxygen atoms in total. The molecule has 0 unspecified atom stereocenters. The lowest BCUT2D eigenvalue weighted by Crippen LogP contribution is -2.52. The summed E-state index contributed by atoms with van der Waals surface area (Å²) in [6.45, 7) is 43.7. The molecule has 95 heavy (non-hydrogen) atoms. The molecule has 6 aromatic heterocycles. The van der Waals surface area contributed by atoms with E-state index in [1.165, 1.54) is 105 Å². The molecular weight excluding hydrogens is 1180 g/mol. The van der Waals surface area contributed by atoms with Crippen molar-refractivity contribution in [1.82, 2.24) is 99.8 Å². The average Bonchev–Trinajstić information content (AvgIpc) is 1.75. The van der Waals surface area contributed by atoms with E-state index < -0.39 is 0 Å². The van der Waals surface area contributed by atoms with Crippen molar-refractivity contribution in [3.63, 3.8) is 0 Å². The van der Waals surface area contributed by atoms with Crippen molar-refractivity contribution in [2.24, 2.45) is 35.5 Å². The highest BCUT2D eigenvalue weighted by molar-refractivity contribution is 5.15. The third-order valence-electron chi connectivity index (χ3n) is 15.6. The summed E-state index contributed by atoms with van der Waals surface area (Å²) in [5.41, 5.74) is 6.71. The number of nitrogens with zero attached hydrogens (tertiary/aromatic N) is 20. The maximum atomic E-state index is 4.27. The summed E-state index contributed by atoms with van der Waals surface area (Å²) >= 11 is 0. The molecule has 20 heteroatoms. The molecule has 0 N–H and O–H groups in total. The number of allylic oxidation sites excluding steroid dienone is 6. The van der Waals surface area contributed by atoms with Gasteiger partial charge >= 0.3 is 0 Å². The van der Waals surface area contributed by atoms with Crippen molar-refractivity contribution in [3.8, 4) is 0 Å². The van der Waals surface area contributed by atoms with Gasteiger partial charge in [0.2, 0.25) is 0 Å². The van der Waals surface area contributed by atoms with Crippen LogP contribution in [0, 0.1) is 35.5 Å². The summed E-state index contributed by atoms with van der Waals surface area (Å²) in [6.07, 6.45) is 44.4. The van der Waals surface area contributed by atoms with Crippen molar-refractivity contribution in [2.75, 3.05) is 41.3 Å². The number of aromatic nitrogens is 18. The van der Waals surface area contributed by atoms with Crippen molar-refractivity contribution in [2.45, 2.75) is 177 Å². The first-order chi connectivity index (χ1) is 45.6. The predicted octanol–water partition coefficient (Wildman–Crippen LogP) is 15.1. The maximum absolute atomic E-state index is 4.27. The van der Waals surface area contributed by atoms with Crippen LogP contribution in [0.1, 0.15) is 150 Å². The molecule has 0 aliphatic heterocycles. The van der Waals surface area contributed by atoms with Crippen LogP contribution in [0.5, 0.6) is 0 Å². The van der Waals surface area contributed by atoms with Gasteiger partial charge in [-0.25, -0.2) is 18.7 Å². The zero-order chi connectivity index (χ0) is 69.9. The van der Waals surface area contributed by atoms with Gasteiger partial charge in [-0.1, -0.05) is 127 Å². The third kappa shape index (κ3) is 33.5. The summed E-state index contributed by atoms with van der Waals surface area (Å²) in [6, 6.07) is 20.4. The number of likely N-dealkylation sites (N-methyl/N-ethyl adjacent to an activating group) is 2. The first-order valence-electron chi connectivity index (χ1n) is 33.6. The Hall–Kier alpha value is -8.36. The average molecular weight is 1300 g/mol. The number of hydrogen-bond acceptors (Lipinski definition) is 14. The molecule has 16 rings (SSSR count). The lowest BCUT2D eigenvalue weighted by atomic mass is 9.53. The fraction of sp³-hybridized carbons (Fsp3) is 0.520. The van der Waals surface area contributed by atoms with Gasteiger partial charge in [-0.2, -0.15) is 0 Å². The molecule has 8 aromatic rings. The Morgan fingerprint density at radius 1 is 0.389 bits per heavy atom. The molecule has 8 aliphatic rings. The minimum absolute atomic E-state index is 0.366. The van der Waals surface area contributed by atoms with Gasteiger partial charge in [-0.15, -0.1) is 70.1 Å². The molecular formula is C75H118N20. The largest absolute Gasteiger partial charge is 0.308 e. The molecule has 518 valence electrons. The lowest BCUT2D eigenvalue weighted by Gasteiger charge is -2.56. The summed E-state index contributed by atoms with van der Waals surface area (Å²) < 4.78 is 11.6. The first-order valence-corrected chi connectivity index (χ1v) is 33.6. The normalized spacial score (nSPS) is 21.0. The minimum Gasteiger partial charge on any atom is -0.308 e. The van der Waals surface area contributed by atoms with E-state index in [1.54, 1.807) is 52.4 Å². The molecule has 0 atom stereocenters. The van der Waals surface area contributed by atoms with Gasteiger partial charge in [0.25, 0.3) is 0 Å². The van der Waals surface area contributed by atoms with E-state index in [0.717, 1.165) is 74.8 Å². The van der Waals surface area contributed by atoms with E-state index in [2.05, 4.69) is 157 Å². The first kappa shape index (κ1) is 80.9. The van der Waals surface area contributed by atoms with Crippen molar-refractivity contribution in [1.29, 1.82) is 0 Å². The van der Waals surface area contributed by atoms with Gasteiger partial charge in [-0.05, 0) is 214 Å². The summed E-state index contributed by atoms with van der Waals surface area (Å²) in [5, 5.41) is 46.8. The van der Waals surface area contributed by atoms with E-state index in [0.29, 0.717) is 11.1 Å².